The van der Waals surface area contributed by atoms with Gasteiger partial charge in [-0.2, -0.15) is 0 Å². The van der Waals surface area contributed by atoms with Crippen LogP contribution >= 0.6 is 0 Å². The van der Waals surface area contributed by atoms with E-state index in [1.165, 1.54) is 0 Å². The van der Waals surface area contributed by atoms with Crippen molar-refractivity contribution in [2.24, 2.45) is 0 Å². The summed E-state index contributed by atoms with van der Waals surface area (Å²) in [6.07, 6.45) is -4.17. The van der Waals surface area contributed by atoms with Gasteiger partial charge in [-0.05, 0) is 6.16 Å². The van der Waals surface area contributed by atoms with E-state index >= 15 is 0 Å². The number of rotatable bonds is 0. The van der Waals surface area contributed by atoms with Gasteiger partial charge < -0.3 is 49.8 Å². The second kappa shape index (κ2) is 43.8. The fourth-order valence-electron chi connectivity index (χ4n) is 0. The average molecular weight is 297 g/mol. The topological polar surface area (TPSA) is 261 Å². The molecule has 0 saturated carbocycles. The molecule has 0 atom stereocenters. The number of hydrogen-bond donors (Lipinski definition) is 6. The molecule has 0 amide bonds. The maximum absolute atomic E-state index is 8.56. The van der Waals surface area contributed by atoms with Crippen molar-refractivity contribution >= 4 is 12.3 Å². The van der Waals surface area contributed by atoms with Crippen LogP contribution in [0.2, 0.25) is 0 Å². The number of hydrogen-bond acceptors (Lipinski definition) is 8. The first-order valence-electron chi connectivity index (χ1n) is 1.26. The maximum atomic E-state index is 8.56. The molecule has 90 valence electrons. The van der Waals surface area contributed by atoms with Crippen molar-refractivity contribution in [3.63, 3.8) is 0 Å². The van der Waals surface area contributed by atoms with Crippen molar-refractivity contribution in [2.75, 3.05) is 0 Å². The van der Waals surface area contributed by atoms with Crippen LogP contribution in [0.1, 0.15) is 0 Å². The summed E-state index contributed by atoms with van der Waals surface area (Å²) in [7, 11) is 0. The zero-order chi connectivity index (χ0) is 7.15. The molecular formula is C2H14N4O6Pd-2. The van der Waals surface area contributed by atoms with Gasteiger partial charge in [0.1, 0.15) is 0 Å². The monoisotopic (exact) mass is 296 g/mol. The molecule has 0 aliphatic carbocycles. The predicted octanol–water partition coefficient (Wildman–Crippen LogP) is -1.58. The molecule has 0 unspecified atom stereocenters. The molecule has 0 heterocycles. The first-order chi connectivity index (χ1) is 3.46. The SMILES string of the molecule is N.N.N.N.O=C(O)O.O=C([O-])[O-].[Pd]. The summed E-state index contributed by atoms with van der Waals surface area (Å²) in [5.74, 6) is 0. The summed E-state index contributed by atoms with van der Waals surface area (Å²) in [4.78, 5) is 16.9. The molecule has 13 heavy (non-hydrogen) atoms. The Morgan fingerprint density at radius 2 is 0.846 bits per heavy atom. The largest absolute Gasteiger partial charge is 0.652 e. The van der Waals surface area contributed by atoms with Crippen molar-refractivity contribution in [1.82, 2.24) is 24.6 Å². The molecule has 0 aromatic rings. The van der Waals surface area contributed by atoms with E-state index in [9.17, 15) is 0 Å². The minimum absolute atomic E-state index is 0. The van der Waals surface area contributed by atoms with E-state index < -0.39 is 12.3 Å². The van der Waals surface area contributed by atoms with E-state index in [2.05, 4.69) is 0 Å². The average Bonchev–Trinajstić information content (AvgIpc) is 1.25. The summed E-state index contributed by atoms with van der Waals surface area (Å²) in [5.41, 5.74) is 0. The normalized spacial score (nSPS) is 3.69. The fraction of sp³-hybridized carbons (Fsp3) is 0. The van der Waals surface area contributed by atoms with Gasteiger partial charge in [0.15, 0.2) is 0 Å². The summed E-state index contributed by atoms with van der Waals surface area (Å²) < 4.78 is 0. The molecule has 0 bridgehead atoms. The van der Waals surface area contributed by atoms with Gasteiger partial charge in [0, 0.05) is 20.4 Å². The zero-order valence-electron chi connectivity index (χ0n) is 6.67. The first-order valence-corrected chi connectivity index (χ1v) is 1.26. The van der Waals surface area contributed by atoms with Crippen LogP contribution in [0.5, 0.6) is 0 Å². The quantitative estimate of drug-likeness (QED) is 0.279. The van der Waals surface area contributed by atoms with Crippen LogP contribution in [0.15, 0.2) is 0 Å². The van der Waals surface area contributed by atoms with Gasteiger partial charge in [-0.1, -0.05) is 0 Å². The van der Waals surface area contributed by atoms with Crippen molar-refractivity contribution in [1.29, 1.82) is 0 Å². The van der Waals surface area contributed by atoms with E-state index in [-0.39, 0.29) is 45.0 Å². The third-order valence-corrected chi connectivity index (χ3v) is 0. The molecule has 14 N–H and O–H groups in total. The minimum atomic E-state index is -2.33. The molecule has 11 heteroatoms. The smallest absolute Gasteiger partial charge is 0.503 e. The fourth-order valence-corrected chi connectivity index (χ4v) is 0. The van der Waals surface area contributed by atoms with Crippen molar-refractivity contribution in [3.05, 3.63) is 0 Å². The Morgan fingerprint density at radius 3 is 0.846 bits per heavy atom. The van der Waals surface area contributed by atoms with Crippen LogP contribution in [-0.4, -0.2) is 22.5 Å². The third-order valence-electron chi connectivity index (χ3n) is 0. The zero-order valence-corrected chi connectivity index (χ0v) is 8.23. The predicted molar refractivity (Wildman–Crippen MR) is 36.1 cm³/mol. The van der Waals surface area contributed by atoms with Crippen LogP contribution in [0, 0.1) is 0 Å². The van der Waals surface area contributed by atoms with Gasteiger partial charge in [-0.15, -0.1) is 0 Å². The Morgan fingerprint density at radius 1 is 0.846 bits per heavy atom. The molecule has 0 rings (SSSR count). The standard InChI is InChI=1S/2CH2O3.4H3N.Pd/c2*2-1(3)4;;;;;/h2*(H2,2,3,4);4*1H3;/p-2. The van der Waals surface area contributed by atoms with Gasteiger partial charge in [0.05, 0.1) is 0 Å². The van der Waals surface area contributed by atoms with Crippen molar-refractivity contribution in [3.8, 4) is 0 Å². The molecule has 0 aromatic heterocycles. The Kier molecular flexibility index (Phi) is 195. The minimum Gasteiger partial charge on any atom is -0.652 e. The Hall–Kier alpha value is -0.958. The van der Waals surface area contributed by atoms with E-state index in [1.807, 2.05) is 0 Å². The second-order valence-electron chi connectivity index (χ2n) is 0.533. The molecule has 0 saturated heterocycles. The Labute approximate surface area is 87.9 Å². The number of carboxylic acid groups (broad SMARTS) is 4. The van der Waals surface area contributed by atoms with E-state index in [1.54, 1.807) is 0 Å². The summed E-state index contributed by atoms with van der Waals surface area (Å²) in [6.45, 7) is 0. The van der Waals surface area contributed by atoms with Gasteiger partial charge in [-0.3, -0.25) is 0 Å². The third kappa shape index (κ3) is 984. The van der Waals surface area contributed by atoms with E-state index in [0.29, 0.717) is 0 Å². The van der Waals surface area contributed by atoms with Crippen LogP contribution in [0.3, 0.4) is 0 Å². The molecular weight excluding hydrogens is 282 g/mol. The van der Waals surface area contributed by atoms with E-state index in [4.69, 9.17) is 30.0 Å². The molecule has 0 aromatic carbocycles. The summed E-state index contributed by atoms with van der Waals surface area (Å²) in [5, 5.41) is 30.6. The van der Waals surface area contributed by atoms with Gasteiger partial charge >= 0.3 is 6.16 Å². The Bertz CT molecular complexity index is 80.6. The summed E-state index contributed by atoms with van der Waals surface area (Å²) in [6, 6.07) is 0. The van der Waals surface area contributed by atoms with Crippen molar-refractivity contribution < 1.29 is 50.4 Å². The van der Waals surface area contributed by atoms with Gasteiger partial charge in [0.2, 0.25) is 0 Å². The Balaban J connectivity index is -0.00000000800. The van der Waals surface area contributed by atoms with Crippen LogP contribution < -0.4 is 34.8 Å². The van der Waals surface area contributed by atoms with Crippen LogP contribution in [-0.2, 0) is 20.4 Å². The van der Waals surface area contributed by atoms with E-state index in [0.717, 1.165) is 0 Å². The maximum Gasteiger partial charge on any atom is 0.503 e. The van der Waals surface area contributed by atoms with Crippen molar-refractivity contribution in [2.45, 2.75) is 0 Å². The molecule has 0 spiro atoms. The summed E-state index contributed by atoms with van der Waals surface area (Å²) >= 11 is 0. The van der Waals surface area contributed by atoms with Crippen LogP contribution in [0.25, 0.3) is 0 Å². The van der Waals surface area contributed by atoms with Gasteiger partial charge in [0.25, 0.3) is 0 Å². The molecule has 0 aliphatic heterocycles. The van der Waals surface area contributed by atoms with Gasteiger partial charge in [-0.25, -0.2) is 4.79 Å². The molecule has 10 nitrogen and oxygen atoms in total. The first kappa shape index (κ1) is 57.8. The molecule has 0 aliphatic rings. The number of carbonyl (C=O) groups is 2. The van der Waals surface area contributed by atoms with Crippen LogP contribution in [0.4, 0.5) is 9.59 Å². The molecule has 0 fully saturated rings. The second-order valence-corrected chi connectivity index (χ2v) is 0.533. The number of carbonyl (C=O) groups excluding carboxylic acids is 1. The molecule has 0 radical (unpaired) electrons.